The van der Waals surface area contributed by atoms with Crippen molar-refractivity contribution in [1.82, 2.24) is 10.3 Å². The summed E-state index contributed by atoms with van der Waals surface area (Å²) in [6, 6.07) is 24.5. The van der Waals surface area contributed by atoms with Crippen molar-refractivity contribution in [1.29, 1.82) is 0 Å². The smallest absolute Gasteiger partial charge is 0.303 e. The Morgan fingerprint density at radius 1 is 0.973 bits per heavy atom. The molecule has 3 aromatic carbocycles. The van der Waals surface area contributed by atoms with Crippen LogP contribution in [0, 0.1) is 0 Å². The number of anilines is 2. The Balaban J connectivity index is 1.36. The van der Waals surface area contributed by atoms with Gasteiger partial charge in [-0.25, -0.2) is 4.98 Å². The van der Waals surface area contributed by atoms with Crippen molar-refractivity contribution in [2.45, 2.75) is 38.6 Å². The van der Waals surface area contributed by atoms with Gasteiger partial charge in [0.15, 0.2) is 5.13 Å². The Morgan fingerprint density at radius 2 is 1.76 bits per heavy atom. The Labute approximate surface area is 220 Å². The predicted molar refractivity (Wildman–Crippen MR) is 148 cm³/mol. The zero-order valence-electron chi connectivity index (χ0n) is 20.5. The van der Waals surface area contributed by atoms with E-state index in [-0.39, 0.29) is 12.3 Å². The summed E-state index contributed by atoms with van der Waals surface area (Å²) in [4.78, 5) is 30.3. The average Bonchev–Trinajstić information content (AvgIpc) is 3.60. The van der Waals surface area contributed by atoms with E-state index in [4.69, 9.17) is 10.1 Å². The van der Waals surface area contributed by atoms with Gasteiger partial charge in [-0.15, -0.1) is 11.3 Å². The summed E-state index contributed by atoms with van der Waals surface area (Å²) in [5.41, 5.74) is 7.65. The topological polar surface area (TPSA) is 82.5 Å². The van der Waals surface area contributed by atoms with Gasteiger partial charge in [0.1, 0.15) is 0 Å². The van der Waals surface area contributed by atoms with E-state index < -0.39 is 5.97 Å². The minimum atomic E-state index is -0.859. The molecule has 5 rings (SSSR count). The molecule has 7 heteroatoms. The molecular weight excluding hydrogens is 482 g/mol. The number of carboxylic acid groups (broad SMARTS) is 1. The number of rotatable bonds is 10. The number of aryl methyl sites for hydroxylation is 2. The SMILES string of the molecule is O=C(O)CCCNC(=O)c1ccc(CN(c2ccc3c(c2)CCC3)c2nc(-c3ccccc3)cs2)cc1. The van der Waals surface area contributed by atoms with Crippen molar-refractivity contribution in [2.24, 2.45) is 0 Å². The standard InChI is InChI=1S/C30H29N3O3S/c34-28(35)10-5-17-31-29(36)24-13-11-21(12-14-24)19-33(26-16-15-22-8-4-9-25(22)18-26)30-32-27(20-37-30)23-6-2-1-3-7-23/h1-3,6-7,11-16,18,20H,4-5,8-10,17,19H2,(H,31,36)(H,34,35). The highest BCUT2D eigenvalue weighted by molar-refractivity contribution is 7.14. The normalized spacial score (nSPS) is 12.2. The highest BCUT2D eigenvalue weighted by Crippen LogP contribution is 2.35. The number of fused-ring (bicyclic) bond motifs is 1. The predicted octanol–water partition coefficient (Wildman–Crippen LogP) is 6.23. The molecule has 1 aliphatic carbocycles. The molecule has 6 nitrogen and oxygen atoms in total. The van der Waals surface area contributed by atoms with Crippen LogP contribution in [-0.2, 0) is 24.2 Å². The maximum absolute atomic E-state index is 12.4. The number of nitrogens with one attached hydrogen (secondary N) is 1. The number of nitrogens with zero attached hydrogens (tertiary/aromatic N) is 2. The number of carbonyl (C=O) groups excluding carboxylic acids is 1. The monoisotopic (exact) mass is 511 g/mol. The van der Waals surface area contributed by atoms with Crippen LogP contribution in [0.25, 0.3) is 11.3 Å². The van der Waals surface area contributed by atoms with Gasteiger partial charge >= 0.3 is 5.97 Å². The molecule has 0 fully saturated rings. The summed E-state index contributed by atoms with van der Waals surface area (Å²) in [7, 11) is 0. The summed E-state index contributed by atoms with van der Waals surface area (Å²) in [6.45, 7) is 0.966. The summed E-state index contributed by atoms with van der Waals surface area (Å²) >= 11 is 1.63. The number of carbonyl (C=O) groups is 2. The summed E-state index contributed by atoms with van der Waals surface area (Å²) in [5, 5.41) is 14.6. The van der Waals surface area contributed by atoms with Crippen LogP contribution in [0.15, 0.2) is 78.2 Å². The van der Waals surface area contributed by atoms with Crippen molar-refractivity contribution in [3.63, 3.8) is 0 Å². The van der Waals surface area contributed by atoms with Gasteiger partial charge in [0.2, 0.25) is 0 Å². The first-order chi connectivity index (χ1) is 18.1. The molecule has 1 amide bonds. The first-order valence-electron chi connectivity index (χ1n) is 12.6. The van der Waals surface area contributed by atoms with E-state index in [0.717, 1.165) is 40.5 Å². The largest absolute Gasteiger partial charge is 0.481 e. The fraction of sp³-hybridized carbons (Fsp3) is 0.233. The van der Waals surface area contributed by atoms with Gasteiger partial charge in [-0.2, -0.15) is 0 Å². The summed E-state index contributed by atoms with van der Waals surface area (Å²) < 4.78 is 0. The second-order valence-electron chi connectivity index (χ2n) is 9.22. The van der Waals surface area contributed by atoms with E-state index in [9.17, 15) is 9.59 Å². The molecule has 4 aromatic rings. The third kappa shape index (κ3) is 6.06. The maximum atomic E-state index is 12.4. The molecule has 1 aromatic heterocycles. The lowest BCUT2D eigenvalue weighted by Crippen LogP contribution is -2.25. The van der Waals surface area contributed by atoms with Crippen molar-refractivity contribution in [2.75, 3.05) is 11.4 Å². The molecule has 0 saturated carbocycles. The Hall–Kier alpha value is -3.97. The second kappa shape index (κ2) is 11.4. The van der Waals surface area contributed by atoms with E-state index in [0.29, 0.717) is 25.1 Å². The van der Waals surface area contributed by atoms with E-state index in [1.807, 2.05) is 42.5 Å². The van der Waals surface area contributed by atoms with Crippen molar-refractivity contribution < 1.29 is 14.7 Å². The zero-order valence-corrected chi connectivity index (χ0v) is 21.3. The number of aromatic nitrogens is 1. The molecule has 0 saturated heterocycles. The molecule has 188 valence electrons. The number of hydrogen-bond acceptors (Lipinski definition) is 5. The van der Waals surface area contributed by atoms with Crippen LogP contribution < -0.4 is 10.2 Å². The average molecular weight is 512 g/mol. The number of thiazole rings is 1. The van der Waals surface area contributed by atoms with Crippen LogP contribution in [0.4, 0.5) is 10.8 Å². The number of carboxylic acids is 1. The number of aliphatic carboxylic acids is 1. The van der Waals surface area contributed by atoms with Crippen molar-refractivity contribution in [3.05, 3.63) is 100 Å². The summed E-state index contributed by atoms with van der Waals surface area (Å²) in [6.07, 6.45) is 3.91. The number of hydrogen-bond donors (Lipinski definition) is 2. The fourth-order valence-electron chi connectivity index (χ4n) is 4.61. The van der Waals surface area contributed by atoms with E-state index in [2.05, 4.69) is 45.9 Å². The molecule has 0 atom stereocenters. The third-order valence-corrected chi connectivity index (χ3v) is 7.46. The van der Waals surface area contributed by atoms with Crippen LogP contribution in [-0.4, -0.2) is 28.5 Å². The molecule has 0 spiro atoms. The molecule has 1 aliphatic rings. The minimum absolute atomic E-state index is 0.0422. The van der Waals surface area contributed by atoms with Crippen LogP contribution in [0.2, 0.25) is 0 Å². The molecule has 37 heavy (non-hydrogen) atoms. The van der Waals surface area contributed by atoms with Crippen LogP contribution in [0.1, 0.15) is 46.3 Å². The van der Waals surface area contributed by atoms with Crippen molar-refractivity contribution >= 4 is 34.0 Å². The highest BCUT2D eigenvalue weighted by Gasteiger charge is 2.19. The van der Waals surface area contributed by atoms with Crippen molar-refractivity contribution in [3.8, 4) is 11.3 Å². The first kappa shape index (κ1) is 24.7. The second-order valence-corrected chi connectivity index (χ2v) is 10.1. The van der Waals surface area contributed by atoms with Gasteiger partial charge in [-0.05, 0) is 66.6 Å². The van der Waals surface area contributed by atoms with Gasteiger partial charge in [0.25, 0.3) is 5.91 Å². The lowest BCUT2D eigenvalue weighted by molar-refractivity contribution is -0.137. The number of amides is 1. The summed E-state index contributed by atoms with van der Waals surface area (Å²) in [5.74, 6) is -1.05. The molecular formula is C30H29N3O3S. The Bertz CT molecular complexity index is 1380. The van der Waals surface area contributed by atoms with E-state index in [1.165, 1.54) is 17.5 Å². The zero-order chi connectivity index (χ0) is 25.6. The van der Waals surface area contributed by atoms with Gasteiger partial charge < -0.3 is 15.3 Å². The molecule has 0 aliphatic heterocycles. The van der Waals surface area contributed by atoms with E-state index in [1.54, 1.807) is 11.3 Å². The van der Waals surface area contributed by atoms with Crippen LogP contribution in [0.3, 0.4) is 0 Å². The quantitative estimate of drug-likeness (QED) is 0.247. The highest BCUT2D eigenvalue weighted by atomic mass is 32.1. The molecule has 0 bridgehead atoms. The minimum Gasteiger partial charge on any atom is -0.481 e. The molecule has 0 unspecified atom stereocenters. The third-order valence-electron chi connectivity index (χ3n) is 6.60. The van der Waals surface area contributed by atoms with Crippen LogP contribution in [0.5, 0.6) is 0 Å². The number of benzene rings is 3. The molecule has 1 heterocycles. The van der Waals surface area contributed by atoms with Gasteiger partial charge in [0.05, 0.1) is 12.2 Å². The fourth-order valence-corrected chi connectivity index (χ4v) is 5.47. The van der Waals surface area contributed by atoms with E-state index >= 15 is 0 Å². The van der Waals surface area contributed by atoms with Gasteiger partial charge in [-0.3, -0.25) is 9.59 Å². The Morgan fingerprint density at radius 3 is 2.54 bits per heavy atom. The van der Waals surface area contributed by atoms with Gasteiger partial charge in [0, 0.05) is 35.2 Å². The van der Waals surface area contributed by atoms with Gasteiger partial charge in [-0.1, -0.05) is 48.5 Å². The first-order valence-corrected chi connectivity index (χ1v) is 13.4. The Kier molecular flexibility index (Phi) is 7.61. The maximum Gasteiger partial charge on any atom is 0.303 e. The lowest BCUT2D eigenvalue weighted by Gasteiger charge is -2.23. The molecule has 0 radical (unpaired) electrons. The lowest BCUT2D eigenvalue weighted by atomic mass is 10.1. The van der Waals surface area contributed by atoms with Crippen LogP contribution >= 0.6 is 11.3 Å². The molecule has 2 N–H and O–H groups in total.